The first-order chi connectivity index (χ1) is 14.9. The summed E-state index contributed by atoms with van der Waals surface area (Å²) in [4.78, 5) is 29.2. The maximum atomic E-state index is 14.5. The molecule has 1 aromatic heterocycles. The molecular formula is C25H24F2N2O2. The van der Waals surface area contributed by atoms with Crippen molar-refractivity contribution in [2.75, 3.05) is 7.05 Å². The number of pyridine rings is 1. The van der Waals surface area contributed by atoms with Gasteiger partial charge in [-0.1, -0.05) is 49.4 Å². The second-order valence-corrected chi connectivity index (χ2v) is 7.36. The summed E-state index contributed by atoms with van der Waals surface area (Å²) >= 11 is 0. The number of carbonyl (C=O) groups excluding carboxylic acids is 2. The van der Waals surface area contributed by atoms with Gasteiger partial charge in [-0.3, -0.25) is 9.59 Å². The molecule has 0 aliphatic heterocycles. The van der Waals surface area contributed by atoms with Crippen LogP contribution in [0.4, 0.5) is 8.78 Å². The third kappa shape index (κ3) is 5.60. The monoisotopic (exact) mass is 422 g/mol. The van der Waals surface area contributed by atoms with Crippen LogP contribution in [-0.4, -0.2) is 28.6 Å². The summed E-state index contributed by atoms with van der Waals surface area (Å²) in [7, 11) is 1.65. The molecule has 3 aromatic rings. The summed E-state index contributed by atoms with van der Waals surface area (Å²) in [6.45, 7) is 1.98. The fourth-order valence-electron chi connectivity index (χ4n) is 3.32. The Bertz CT molecular complexity index is 1080. The zero-order valence-corrected chi connectivity index (χ0v) is 17.6. The predicted octanol–water partition coefficient (Wildman–Crippen LogP) is 5.21. The lowest BCUT2D eigenvalue weighted by molar-refractivity contribution is -0.130. The molecule has 0 saturated heterocycles. The molecule has 0 radical (unpaired) electrons. The highest BCUT2D eigenvalue weighted by Gasteiger charge is 2.12. The Morgan fingerprint density at radius 2 is 1.68 bits per heavy atom. The summed E-state index contributed by atoms with van der Waals surface area (Å²) in [5, 5.41) is 0. The lowest BCUT2D eigenvalue weighted by atomic mass is 9.99. The molecule has 3 rings (SSSR count). The Balaban J connectivity index is 1.66. The van der Waals surface area contributed by atoms with Crippen molar-refractivity contribution in [2.24, 2.45) is 0 Å². The lowest BCUT2D eigenvalue weighted by Crippen LogP contribution is -2.25. The van der Waals surface area contributed by atoms with Gasteiger partial charge in [-0.2, -0.15) is 4.39 Å². The largest absolute Gasteiger partial charge is 0.341 e. The van der Waals surface area contributed by atoms with Gasteiger partial charge < -0.3 is 4.90 Å². The van der Waals surface area contributed by atoms with Crippen LogP contribution in [0.25, 0.3) is 11.1 Å². The van der Waals surface area contributed by atoms with Crippen LogP contribution >= 0.6 is 0 Å². The van der Waals surface area contributed by atoms with Gasteiger partial charge >= 0.3 is 0 Å². The van der Waals surface area contributed by atoms with E-state index in [2.05, 4.69) is 4.98 Å². The minimum atomic E-state index is -0.554. The van der Waals surface area contributed by atoms with Crippen LogP contribution in [0.3, 0.4) is 0 Å². The van der Waals surface area contributed by atoms with E-state index in [-0.39, 0.29) is 36.9 Å². The summed E-state index contributed by atoms with van der Waals surface area (Å²) in [5.74, 6) is -1.08. The molecular weight excluding hydrogens is 398 g/mol. The number of nitrogens with zero attached hydrogens (tertiary/aromatic N) is 2. The fourth-order valence-corrected chi connectivity index (χ4v) is 3.32. The Kier molecular flexibility index (Phi) is 7.23. The highest BCUT2D eigenvalue weighted by molar-refractivity contribution is 5.96. The standard InChI is InChI=1S/C25H24F2N2O2/c1-3-24(31)29(2)16-21-11-10-20(15-22(21)26)17-6-8-18(9-7-17)23(30)13-12-19-5-4-14-28-25(19)27/h4-11,14-15H,3,12-13,16H2,1-2H3. The number of amides is 1. The smallest absolute Gasteiger partial charge is 0.222 e. The topological polar surface area (TPSA) is 50.3 Å². The van der Waals surface area contributed by atoms with E-state index in [0.29, 0.717) is 28.7 Å². The molecule has 0 bridgehead atoms. The van der Waals surface area contributed by atoms with Gasteiger partial charge in [0, 0.05) is 49.3 Å². The molecule has 1 heterocycles. The molecule has 1 amide bonds. The Morgan fingerprint density at radius 1 is 0.968 bits per heavy atom. The zero-order valence-electron chi connectivity index (χ0n) is 17.6. The van der Waals surface area contributed by atoms with Crippen molar-refractivity contribution in [2.45, 2.75) is 32.7 Å². The maximum Gasteiger partial charge on any atom is 0.222 e. The van der Waals surface area contributed by atoms with E-state index >= 15 is 0 Å². The average Bonchev–Trinajstić information content (AvgIpc) is 2.79. The van der Waals surface area contributed by atoms with Crippen LogP contribution in [0.1, 0.15) is 41.3 Å². The van der Waals surface area contributed by atoms with Gasteiger partial charge in [0.15, 0.2) is 5.78 Å². The number of aryl methyl sites for hydroxylation is 1. The van der Waals surface area contributed by atoms with E-state index in [1.54, 1.807) is 62.5 Å². The summed E-state index contributed by atoms with van der Waals surface area (Å²) in [6, 6.07) is 15.1. The van der Waals surface area contributed by atoms with Crippen molar-refractivity contribution in [3.8, 4) is 11.1 Å². The molecule has 31 heavy (non-hydrogen) atoms. The zero-order chi connectivity index (χ0) is 22.4. The van der Waals surface area contributed by atoms with Gasteiger partial charge in [-0.05, 0) is 29.7 Å². The minimum Gasteiger partial charge on any atom is -0.341 e. The van der Waals surface area contributed by atoms with Crippen molar-refractivity contribution >= 4 is 11.7 Å². The molecule has 0 spiro atoms. The minimum absolute atomic E-state index is 0.0463. The number of rotatable bonds is 8. The molecule has 0 unspecified atom stereocenters. The quantitative estimate of drug-likeness (QED) is 0.370. The van der Waals surface area contributed by atoms with Crippen molar-refractivity contribution in [1.82, 2.24) is 9.88 Å². The first kappa shape index (κ1) is 22.3. The number of carbonyl (C=O) groups is 2. The molecule has 0 N–H and O–H groups in total. The average molecular weight is 422 g/mol. The van der Waals surface area contributed by atoms with Gasteiger partial charge in [0.2, 0.25) is 11.9 Å². The van der Waals surface area contributed by atoms with Crippen LogP contribution < -0.4 is 0 Å². The van der Waals surface area contributed by atoms with Gasteiger partial charge in [-0.15, -0.1) is 0 Å². The van der Waals surface area contributed by atoms with E-state index < -0.39 is 5.95 Å². The van der Waals surface area contributed by atoms with Gasteiger partial charge in [0.25, 0.3) is 0 Å². The number of Topliss-reactive ketones (excluding diaryl/α,β-unsaturated/α-hetero) is 1. The van der Waals surface area contributed by atoms with Crippen molar-refractivity contribution < 1.29 is 18.4 Å². The Labute approximate surface area is 180 Å². The molecule has 160 valence electrons. The summed E-state index contributed by atoms with van der Waals surface area (Å²) in [5.41, 5.74) is 2.84. The van der Waals surface area contributed by atoms with E-state index in [1.165, 1.54) is 17.2 Å². The van der Waals surface area contributed by atoms with Crippen LogP contribution in [0.2, 0.25) is 0 Å². The van der Waals surface area contributed by atoms with E-state index in [4.69, 9.17) is 0 Å². The third-order valence-electron chi connectivity index (χ3n) is 5.19. The predicted molar refractivity (Wildman–Crippen MR) is 115 cm³/mol. The van der Waals surface area contributed by atoms with Crippen LogP contribution in [0.15, 0.2) is 60.8 Å². The lowest BCUT2D eigenvalue weighted by Gasteiger charge is -2.17. The molecule has 0 aliphatic carbocycles. The van der Waals surface area contributed by atoms with Gasteiger partial charge in [0.1, 0.15) is 5.82 Å². The third-order valence-corrected chi connectivity index (χ3v) is 5.19. The van der Waals surface area contributed by atoms with Crippen molar-refractivity contribution in [3.63, 3.8) is 0 Å². The Hall–Kier alpha value is -3.41. The number of halogens is 2. The second kappa shape index (κ2) is 10.1. The van der Waals surface area contributed by atoms with E-state index in [9.17, 15) is 18.4 Å². The molecule has 0 aliphatic rings. The Morgan fingerprint density at radius 3 is 2.32 bits per heavy atom. The highest BCUT2D eigenvalue weighted by Crippen LogP contribution is 2.24. The highest BCUT2D eigenvalue weighted by atomic mass is 19.1. The van der Waals surface area contributed by atoms with Crippen LogP contribution in [0.5, 0.6) is 0 Å². The number of hydrogen-bond donors (Lipinski definition) is 0. The first-order valence-electron chi connectivity index (χ1n) is 10.1. The number of hydrogen-bond acceptors (Lipinski definition) is 3. The number of benzene rings is 2. The van der Waals surface area contributed by atoms with Crippen molar-refractivity contribution in [1.29, 1.82) is 0 Å². The molecule has 4 nitrogen and oxygen atoms in total. The molecule has 6 heteroatoms. The maximum absolute atomic E-state index is 14.5. The second-order valence-electron chi connectivity index (χ2n) is 7.36. The van der Waals surface area contributed by atoms with Gasteiger partial charge in [0.05, 0.1) is 0 Å². The molecule has 0 atom stereocenters. The SMILES string of the molecule is CCC(=O)N(C)Cc1ccc(-c2ccc(C(=O)CCc3cccnc3F)cc2)cc1F. The molecule has 0 fully saturated rings. The molecule has 2 aromatic carbocycles. The number of ketones is 1. The van der Waals surface area contributed by atoms with Gasteiger partial charge in [-0.25, -0.2) is 9.37 Å². The van der Waals surface area contributed by atoms with Crippen LogP contribution in [-0.2, 0) is 17.8 Å². The number of aromatic nitrogens is 1. The normalized spacial score (nSPS) is 10.7. The first-order valence-corrected chi connectivity index (χ1v) is 10.1. The van der Waals surface area contributed by atoms with Crippen molar-refractivity contribution in [3.05, 3.63) is 89.2 Å². The fraction of sp³-hybridized carbons (Fsp3) is 0.240. The summed E-state index contributed by atoms with van der Waals surface area (Å²) in [6.07, 6.45) is 2.20. The van der Waals surface area contributed by atoms with Crippen LogP contribution in [0, 0.1) is 11.8 Å². The summed E-state index contributed by atoms with van der Waals surface area (Å²) < 4.78 is 28.1. The van der Waals surface area contributed by atoms with E-state index in [1.807, 2.05) is 0 Å². The molecule has 0 saturated carbocycles. The van der Waals surface area contributed by atoms with E-state index in [0.717, 1.165) is 5.56 Å².